The quantitative estimate of drug-likeness (QED) is 0.688. The molecule has 0 fully saturated rings. The smallest absolute Gasteiger partial charge is 0.246 e. The Morgan fingerprint density at radius 2 is 1.84 bits per heavy atom. The minimum Gasteiger partial charge on any atom is -0.349 e. The summed E-state index contributed by atoms with van der Waals surface area (Å²) in [5.41, 5.74) is 3.41. The molecule has 0 aliphatic carbocycles. The fourth-order valence-electron chi connectivity index (χ4n) is 2.95. The van der Waals surface area contributed by atoms with Crippen molar-refractivity contribution in [1.29, 1.82) is 0 Å². The van der Waals surface area contributed by atoms with E-state index in [0.717, 1.165) is 24.2 Å². The molecule has 0 radical (unpaired) electrons. The molecule has 0 spiro atoms. The van der Waals surface area contributed by atoms with Gasteiger partial charge in [0.1, 0.15) is 0 Å². The summed E-state index contributed by atoms with van der Waals surface area (Å²) in [5.74, 6) is 0.781. The number of nitrogens with one attached hydrogen (secondary N) is 1. The summed E-state index contributed by atoms with van der Waals surface area (Å²) in [4.78, 5) is 20.9. The van der Waals surface area contributed by atoms with Gasteiger partial charge < -0.3 is 15.1 Å². The van der Waals surface area contributed by atoms with Crippen LogP contribution in [0.5, 0.6) is 0 Å². The molecule has 2 aromatic carbocycles. The molecule has 25 heavy (non-hydrogen) atoms. The number of para-hydroxylation sites is 1. The van der Waals surface area contributed by atoms with E-state index < -0.39 is 0 Å². The Kier molecular flexibility index (Phi) is 5.33. The monoisotopic (exact) mass is 336 g/mol. The first kappa shape index (κ1) is 17.0. The molecule has 0 bridgehead atoms. The van der Waals surface area contributed by atoms with Crippen LogP contribution >= 0.6 is 0 Å². The first-order chi connectivity index (χ1) is 12.1. The number of guanidine groups is 1. The van der Waals surface area contributed by atoms with Gasteiger partial charge in [0.05, 0.1) is 13.1 Å². The Balaban J connectivity index is 1.61. The van der Waals surface area contributed by atoms with Crippen molar-refractivity contribution >= 4 is 17.6 Å². The van der Waals surface area contributed by atoms with Crippen LogP contribution in [0.2, 0.25) is 0 Å². The van der Waals surface area contributed by atoms with Gasteiger partial charge in [-0.15, -0.1) is 0 Å². The van der Waals surface area contributed by atoms with E-state index in [1.54, 1.807) is 0 Å². The SMILES string of the molecule is CN(C)C(=NCc1ccccc1)NCC(=O)N1CCc2ccccc21. The molecule has 2 aromatic rings. The van der Waals surface area contributed by atoms with E-state index >= 15 is 0 Å². The molecule has 0 saturated carbocycles. The Morgan fingerprint density at radius 1 is 1.12 bits per heavy atom. The van der Waals surface area contributed by atoms with Crippen LogP contribution in [0.4, 0.5) is 5.69 Å². The number of amides is 1. The second kappa shape index (κ2) is 7.83. The first-order valence-corrected chi connectivity index (χ1v) is 8.53. The van der Waals surface area contributed by atoms with Crippen molar-refractivity contribution in [2.45, 2.75) is 13.0 Å². The van der Waals surface area contributed by atoms with Crippen LogP contribution in [-0.2, 0) is 17.8 Å². The molecule has 1 N–H and O–H groups in total. The molecule has 0 atom stereocenters. The summed E-state index contributed by atoms with van der Waals surface area (Å²) in [7, 11) is 3.85. The highest BCUT2D eigenvalue weighted by molar-refractivity contribution is 5.98. The molecule has 1 amide bonds. The van der Waals surface area contributed by atoms with Crippen LogP contribution < -0.4 is 10.2 Å². The summed E-state index contributed by atoms with van der Waals surface area (Å²) < 4.78 is 0. The number of fused-ring (bicyclic) bond motifs is 1. The average molecular weight is 336 g/mol. The number of benzene rings is 2. The van der Waals surface area contributed by atoms with Gasteiger partial charge in [-0.1, -0.05) is 48.5 Å². The van der Waals surface area contributed by atoms with Gasteiger partial charge in [0.15, 0.2) is 5.96 Å². The maximum Gasteiger partial charge on any atom is 0.246 e. The van der Waals surface area contributed by atoms with Crippen molar-refractivity contribution < 1.29 is 4.79 Å². The van der Waals surface area contributed by atoms with Gasteiger partial charge in [-0.3, -0.25) is 4.79 Å². The number of hydrogen-bond acceptors (Lipinski definition) is 2. The van der Waals surface area contributed by atoms with E-state index in [1.807, 2.05) is 72.4 Å². The third-order valence-corrected chi connectivity index (χ3v) is 4.26. The van der Waals surface area contributed by atoms with Gasteiger partial charge in [-0.05, 0) is 23.6 Å². The van der Waals surface area contributed by atoms with Crippen molar-refractivity contribution in [1.82, 2.24) is 10.2 Å². The van der Waals surface area contributed by atoms with E-state index in [9.17, 15) is 4.79 Å². The lowest BCUT2D eigenvalue weighted by molar-refractivity contribution is -0.117. The summed E-state index contributed by atoms with van der Waals surface area (Å²) in [6.07, 6.45) is 0.921. The predicted octanol–water partition coefficient (Wildman–Crippen LogP) is 2.28. The molecule has 0 unspecified atom stereocenters. The fourth-order valence-corrected chi connectivity index (χ4v) is 2.95. The van der Waals surface area contributed by atoms with Gasteiger partial charge in [0, 0.05) is 26.3 Å². The molecule has 1 aliphatic heterocycles. The van der Waals surface area contributed by atoms with E-state index in [4.69, 9.17) is 0 Å². The molecule has 130 valence electrons. The minimum absolute atomic E-state index is 0.0687. The van der Waals surface area contributed by atoms with E-state index in [0.29, 0.717) is 12.5 Å². The van der Waals surface area contributed by atoms with Crippen molar-refractivity contribution in [3.8, 4) is 0 Å². The number of rotatable bonds is 4. The number of hydrogen-bond donors (Lipinski definition) is 1. The third-order valence-electron chi connectivity index (χ3n) is 4.26. The Hall–Kier alpha value is -2.82. The lowest BCUT2D eigenvalue weighted by Crippen LogP contribution is -2.44. The van der Waals surface area contributed by atoms with Gasteiger partial charge >= 0.3 is 0 Å². The van der Waals surface area contributed by atoms with Crippen molar-refractivity contribution in [3.05, 3.63) is 65.7 Å². The normalized spacial score (nSPS) is 13.5. The number of nitrogens with zero attached hydrogens (tertiary/aromatic N) is 3. The fraction of sp³-hybridized carbons (Fsp3) is 0.300. The van der Waals surface area contributed by atoms with Crippen LogP contribution in [0.25, 0.3) is 0 Å². The van der Waals surface area contributed by atoms with Gasteiger partial charge in [0.2, 0.25) is 5.91 Å². The number of carbonyl (C=O) groups is 1. The second-order valence-electron chi connectivity index (χ2n) is 6.30. The van der Waals surface area contributed by atoms with E-state index in [1.165, 1.54) is 5.56 Å². The molecule has 1 heterocycles. The Labute approximate surface area is 149 Å². The zero-order chi connectivity index (χ0) is 17.6. The number of anilines is 1. The topological polar surface area (TPSA) is 47.9 Å². The van der Waals surface area contributed by atoms with Gasteiger partial charge in [-0.2, -0.15) is 0 Å². The molecular formula is C20H24N4O. The van der Waals surface area contributed by atoms with Crippen molar-refractivity contribution in [3.63, 3.8) is 0 Å². The zero-order valence-electron chi connectivity index (χ0n) is 14.8. The molecule has 5 nitrogen and oxygen atoms in total. The Bertz CT molecular complexity index is 755. The highest BCUT2D eigenvalue weighted by Gasteiger charge is 2.23. The standard InChI is InChI=1S/C20H24N4O/c1-23(2)20(21-14-16-8-4-3-5-9-16)22-15-19(25)24-13-12-17-10-6-7-11-18(17)24/h3-11H,12-15H2,1-2H3,(H,21,22). The number of aliphatic imine (C=N–C) groups is 1. The molecule has 1 aliphatic rings. The predicted molar refractivity (Wildman–Crippen MR) is 102 cm³/mol. The summed E-state index contributed by atoms with van der Waals surface area (Å²) in [5, 5.41) is 3.18. The Morgan fingerprint density at radius 3 is 2.60 bits per heavy atom. The lowest BCUT2D eigenvalue weighted by atomic mass is 10.2. The average Bonchev–Trinajstić information content (AvgIpc) is 3.06. The van der Waals surface area contributed by atoms with Crippen LogP contribution in [0.1, 0.15) is 11.1 Å². The first-order valence-electron chi connectivity index (χ1n) is 8.53. The molecule has 0 saturated heterocycles. The van der Waals surface area contributed by atoms with Crippen LogP contribution in [-0.4, -0.2) is 44.0 Å². The summed E-state index contributed by atoms with van der Waals surface area (Å²) in [6.45, 7) is 1.57. The van der Waals surface area contributed by atoms with E-state index in [-0.39, 0.29) is 12.5 Å². The second-order valence-corrected chi connectivity index (χ2v) is 6.30. The zero-order valence-corrected chi connectivity index (χ0v) is 14.8. The highest BCUT2D eigenvalue weighted by atomic mass is 16.2. The van der Waals surface area contributed by atoms with Crippen LogP contribution in [0.3, 0.4) is 0 Å². The van der Waals surface area contributed by atoms with Crippen LogP contribution in [0.15, 0.2) is 59.6 Å². The molecule has 5 heteroatoms. The van der Waals surface area contributed by atoms with Crippen molar-refractivity contribution in [2.75, 3.05) is 32.1 Å². The highest BCUT2D eigenvalue weighted by Crippen LogP contribution is 2.27. The molecular weight excluding hydrogens is 312 g/mol. The molecule has 3 rings (SSSR count). The summed E-state index contributed by atoms with van der Waals surface area (Å²) >= 11 is 0. The minimum atomic E-state index is 0.0687. The maximum absolute atomic E-state index is 12.6. The third kappa shape index (κ3) is 4.18. The van der Waals surface area contributed by atoms with Crippen LogP contribution in [0, 0.1) is 0 Å². The molecule has 0 aromatic heterocycles. The van der Waals surface area contributed by atoms with E-state index in [2.05, 4.69) is 16.4 Å². The maximum atomic E-state index is 12.6. The summed E-state index contributed by atoms with van der Waals surface area (Å²) in [6, 6.07) is 18.2. The number of carbonyl (C=O) groups excluding carboxylic acids is 1. The van der Waals surface area contributed by atoms with Gasteiger partial charge in [0.25, 0.3) is 0 Å². The van der Waals surface area contributed by atoms with Crippen molar-refractivity contribution in [2.24, 2.45) is 4.99 Å². The lowest BCUT2D eigenvalue weighted by Gasteiger charge is -2.21. The van der Waals surface area contributed by atoms with Gasteiger partial charge in [-0.25, -0.2) is 4.99 Å². The largest absolute Gasteiger partial charge is 0.349 e.